The van der Waals surface area contributed by atoms with Crippen LogP contribution in [-0.4, -0.2) is 32.6 Å². The average Bonchev–Trinajstić information content (AvgIpc) is 2.84. The predicted molar refractivity (Wildman–Crippen MR) is 69.5 cm³/mol. The molecule has 1 heterocycles. The highest BCUT2D eigenvalue weighted by molar-refractivity contribution is 5.84. The van der Waals surface area contributed by atoms with Crippen LogP contribution in [0.4, 0.5) is 5.69 Å². The monoisotopic (exact) mass is 234 g/mol. The van der Waals surface area contributed by atoms with Crippen molar-refractivity contribution in [2.75, 3.05) is 31.2 Å². The first-order chi connectivity index (χ1) is 8.35. The zero-order valence-corrected chi connectivity index (χ0v) is 10.3. The number of ether oxygens (including phenoxy) is 2. The molecule has 1 aliphatic heterocycles. The van der Waals surface area contributed by atoms with Crippen molar-refractivity contribution in [3.05, 3.63) is 18.2 Å². The maximum Gasteiger partial charge on any atom is 0.146 e. The lowest BCUT2D eigenvalue weighted by molar-refractivity contribution is 0.324. The minimum absolute atomic E-state index is 0.646. The molecule has 0 saturated carbocycles. The molecule has 0 spiro atoms. The van der Waals surface area contributed by atoms with Gasteiger partial charge in [-0.15, -0.1) is 0 Å². The normalized spacial score (nSPS) is 14.1. The lowest BCUT2D eigenvalue weighted by Gasteiger charge is -2.19. The molecule has 0 fully saturated rings. The molecule has 17 heavy (non-hydrogen) atoms. The first kappa shape index (κ1) is 11.8. The van der Waals surface area contributed by atoms with Gasteiger partial charge in [-0.2, -0.15) is 0 Å². The second-order valence-electron chi connectivity index (χ2n) is 3.71. The van der Waals surface area contributed by atoms with Crippen LogP contribution >= 0.6 is 0 Å². The van der Waals surface area contributed by atoms with Crippen LogP contribution in [0.3, 0.4) is 0 Å². The summed E-state index contributed by atoms with van der Waals surface area (Å²) >= 11 is 0. The Kier molecular flexibility index (Phi) is 3.85. The summed E-state index contributed by atoms with van der Waals surface area (Å²) in [5.74, 6) is 1.70. The molecule has 0 atom stereocenters. The van der Waals surface area contributed by atoms with E-state index in [4.69, 9.17) is 9.47 Å². The maximum absolute atomic E-state index is 5.65. The van der Waals surface area contributed by atoms with Crippen molar-refractivity contribution in [2.24, 2.45) is 4.99 Å². The molecule has 1 aliphatic rings. The van der Waals surface area contributed by atoms with E-state index < -0.39 is 0 Å². The summed E-state index contributed by atoms with van der Waals surface area (Å²) in [5.41, 5.74) is 1.05. The van der Waals surface area contributed by atoms with Crippen LogP contribution < -0.4 is 14.4 Å². The summed E-state index contributed by atoms with van der Waals surface area (Å²) in [6.45, 7) is 7.02. The summed E-state index contributed by atoms with van der Waals surface area (Å²) in [4.78, 5) is 6.31. The minimum atomic E-state index is 0.646. The van der Waals surface area contributed by atoms with Gasteiger partial charge in [0.05, 0.1) is 31.8 Å². The van der Waals surface area contributed by atoms with Crippen molar-refractivity contribution in [3.8, 4) is 11.5 Å². The maximum atomic E-state index is 5.65. The molecule has 0 unspecified atom stereocenters. The minimum Gasteiger partial charge on any atom is -0.494 e. The Hall–Kier alpha value is -1.71. The zero-order chi connectivity index (χ0) is 12.1. The van der Waals surface area contributed by atoms with Crippen molar-refractivity contribution in [1.82, 2.24) is 0 Å². The molecule has 0 saturated heterocycles. The second kappa shape index (κ2) is 5.57. The van der Waals surface area contributed by atoms with E-state index in [0.717, 1.165) is 30.3 Å². The van der Waals surface area contributed by atoms with E-state index in [1.807, 2.05) is 38.4 Å². The Morgan fingerprint density at radius 2 is 2.06 bits per heavy atom. The highest BCUT2D eigenvalue weighted by Gasteiger charge is 2.14. The number of anilines is 1. The smallest absolute Gasteiger partial charge is 0.146 e. The lowest BCUT2D eigenvalue weighted by atomic mass is 10.2. The van der Waals surface area contributed by atoms with Gasteiger partial charge in [0.15, 0.2) is 0 Å². The number of nitrogens with zero attached hydrogens (tertiary/aromatic N) is 2. The van der Waals surface area contributed by atoms with Crippen molar-refractivity contribution >= 4 is 12.0 Å². The van der Waals surface area contributed by atoms with Crippen LogP contribution in [0.15, 0.2) is 23.2 Å². The zero-order valence-electron chi connectivity index (χ0n) is 10.3. The van der Waals surface area contributed by atoms with E-state index in [-0.39, 0.29) is 0 Å². The standard InChI is InChI=1S/C13H18N2O2/c1-3-16-11-5-6-12(13(9-11)17-4-2)15-8-7-14-10-15/h5-6,9-10H,3-4,7-8H2,1-2H3. The van der Waals surface area contributed by atoms with Gasteiger partial charge >= 0.3 is 0 Å². The summed E-state index contributed by atoms with van der Waals surface area (Å²) in [6.07, 6.45) is 1.86. The third-order valence-corrected chi connectivity index (χ3v) is 2.54. The summed E-state index contributed by atoms with van der Waals surface area (Å²) in [5, 5.41) is 0. The summed E-state index contributed by atoms with van der Waals surface area (Å²) in [6, 6.07) is 5.93. The quantitative estimate of drug-likeness (QED) is 0.784. The van der Waals surface area contributed by atoms with Gasteiger partial charge in [-0.3, -0.25) is 4.99 Å². The number of rotatable bonds is 5. The number of hydrogen-bond acceptors (Lipinski definition) is 4. The van der Waals surface area contributed by atoms with Crippen LogP contribution in [0.5, 0.6) is 11.5 Å². The third-order valence-electron chi connectivity index (χ3n) is 2.54. The van der Waals surface area contributed by atoms with Gasteiger partial charge in [0.25, 0.3) is 0 Å². The van der Waals surface area contributed by atoms with Crippen molar-refractivity contribution in [3.63, 3.8) is 0 Å². The molecule has 2 rings (SSSR count). The van der Waals surface area contributed by atoms with E-state index >= 15 is 0 Å². The average molecular weight is 234 g/mol. The fraction of sp³-hybridized carbons (Fsp3) is 0.462. The van der Waals surface area contributed by atoms with Crippen LogP contribution in [-0.2, 0) is 0 Å². The van der Waals surface area contributed by atoms with E-state index in [2.05, 4.69) is 9.89 Å². The molecular weight excluding hydrogens is 216 g/mol. The largest absolute Gasteiger partial charge is 0.494 e. The third kappa shape index (κ3) is 2.70. The van der Waals surface area contributed by atoms with Gasteiger partial charge in [-0.05, 0) is 26.0 Å². The first-order valence-corrected chi connectivity index (χ1v) is 6.01. The van der Waals surface area contributed by atoms with Crippen LogP contribution in [0.2, 0.25) is 0 Å². The number of benzene rings is 1. The molecule has 92 valence electrons. The van der Waals surface area contributed by atoms with Gasteiger partial charge in [0, 0.05) is 12.6 Å². The van der Waals surface area contributed by atoms with Gasteiger partial charge < -0.3 is 14.4 Å². The fourth-order valence-corrected chi connectivity index (χ4v) is 1.82. The highest BCUT2D eigenvalue weighted by Crippen LogP contribution is 2.32. The van der Waals surface area contributed by atoms with Crippen LogP contribution in [0.25, 0.3) is 0 Å². The molecule has 0 bridgehead atoms. The van der Waals surface area contributed by atoms with Crippen molar-refractivity contribution < 1.29 is 9.47 Å². The Balaban J connectivity index is 2.26. The Morgan fingerprint density at radius 3 is 2.71 bits per heavy atom. The van der Waals surface area contributed by atoms with Crippen LogP contribution in [0, 0.1) is 0 Å². The van der Waals surface area contributed by atoms with Crippen LogP contribution in [0.1, 0.15) is 13.8 Å². The SMILES string of the molecule is CCOc1ccc(N2C=NCC2)c(OCC)c1. The van der Waals surface area contributed by atoms with Gasteiger partial charge in [0.2, 0.25) is 0 Å². The number of aliphatic imine (C=N–C) groups is 1. The van der Waals surface area contributed by atoms with Gasteiger partial charge in [-0.25, -0.2) is 0 Å². The Labute approximate surface area is 102 Å². The molecule has 1 aromatic rings. The molecular formula is C13H18N2O2. The Morgan fingerprint density at radius 1 is 1.24 bits per heavy atom. The number of hydrogen-bond donors (Lipinski definition) is 0. The first-order valence-electron chi connectivity index (χ1n) is 6.01. The molecule has 0 N–H and O–H groups in total. The topological polar surface area (TPSA) is 34.1 Å². The molecule has 0 aromatic heterocycles. The molecule has 4 nitrogen and oxygen atoms in total. The summed E-state index contributed by atoms with van der Waals surface area (Å²) < 4.78 is 11.1. The van der Waals surface area contributed by atoms with Crippen molar-refractivity contribution in [1.29, 1.82) is 0 Å². The molecule has 4 heteroatoms. The van der Waals surface area contributed by atoms with E-state index in [0.29, 0.717) is 13.2 Å². The highest BCUT2D eigenvalue weighted by atomic mass is 16.5. The molecule has 0 aliphatic carbocycles. The molecule has 1 aromatic carbocycles. The lowest BCUT2D eigenvalue weighted by Crippen LogP contribution is -2.19. The van der Waals surface area contributed by atoms with Gasteiger partial charge in [0.1, 0.15) is 11.5 Å². The van der Waals surface area contributed by atoms with E-state index in [1.165, 1.54) is 0 Å². The Bertz CT molecular complexity index is 404. The van der Waals surface area contributed by atoms with Gasteiger partial charge in [-0.1, -0.05) is 0 Å². The van der Waals surface area contributed by atoms with Crippen molar-refractivity contribution in [2.45, 2.75) is 13.8 Å². The fourth-order valence-electron chi connectivity index (χ4n) is 1.82. The van der Waals surface area contributed by atoms with E-state index in [1.54, 1.807) is 0 Å². The molecule has 0 radical (unpaired) electrons. The molecule has 0 amide bonds. The van der Waals surface area contributed by atoms with E-state index in [9.17, 15) is 0 Å². The summed E-state index contributed by atoms with van der Waals surface area (Å²) in [7, 11) is 0. The second-order valence-corrected chi connectivity index (χ2v) is 3.71. The predicted octanol–water partition coefficient (Wildman–Crippen LogP) is 2.33.